The maximum atomic E-state index is 11.8. The molecule has 1 saturated heterocycles. The van der Waals surface area contributed by atoms with Crippen LogP contribution in [-0.2, 0) is 16.1 Å². The summed E-state index contributed by atoms with van der Waals surface area (Å²) in [4.78, 5) is 11.8. The van der Waals surface area contributed by atoms with E-state index in [4.69, 9.17) is 10.5 Å². The second-order valence-corrected chi connectivity index (χ2v) is 6.61. The smallest absolute Gasteiger partial charge is 0.312 e. The molecule has 2 unspecified atom stereocenters. The Balaban J connectivity index is 1.75. The van der Waals surface area contributed by atoms with E-state index < -0.39 is 5.41 Å². The normalized spacial score (nSPS) is 22.2. The van der Waals surface area contributed by atoms with E-state index in [9.17, 15) is 4.79 Å². The molecule has 1 fully saturated rings. The van der Waals surface area contributed by atoms with Gasteiger partial charge in [-0.2, -0.15) is 0 Å². The van der Waals surface area contributed by atoms with E-state index >= 15 is 0 Å². The van der Waals surface area contributed by atoms with E-state index in [0.717, 1.165) is 25.2 Å². The minimum Gasteiger partial charge on any atom is -0.446 e. The molecule has 1 aromatic rings. The van der Waals surface area contributed by atoms with E-state index in [1.807, 2.05) is 45.0 Å². The lowest BCUT2D eigenvalue weighted by molar-refractivity contribution is -0.159. The van der Waals surface area contributed by atoms with Gasteiger partial charge in [0.25, 0.3) is 0 Å². The third-order valence-electron chi connectivity index (χ3n) is 3.53. The highest BCUT2D eigenvalue weighted by Gasteiger charge is 2.30. The van der Waals surface area contributed by atoms with Gasteiger partial charge >= 0.3 is 5.97 Å². The molecule has 0 bridgehead atoms. The number of hydrogen-bond acceptors (Lipinski definition) is 5. The summed E-state index contributed by atoms with van der Waals surface area (Å²) < 4.78 is 5.47. The van der Waals surface area contributed by atoms with Crippen molar-refractivity contribution in [3.05, 3.63) is 29.8 Å². The Bertz CT molecular complexity index is 479. The molecule has 1 aliphatic rings. The van der Waals surface area contributed by atoms with Crippen molar-refractivity contribution in [2.24, 2.45) is 5.41 Å². The predicted octanol–water partition coefficient (Wildman–Crippen LogP) is 1.64. The van der Waals surface area contributed by atoms with Gasteiger partial charge in [-0.1, -0.05) is 12.1 Å². The van der Waals surface area contributed by atoms with Crippen LogP contribution in [0.2, 0.25) is 0 Å². The zero-order valence-electron chi connectivity index (χ0n) is 13.0. The number of esters is 1. The lowest BCUT2D eigenvalue weighted by Gasteiger charge is -2.20. The number of nitrogen functional groups attached to an aromatic ring is 1. The standard InChI is InChI=1S/C16H25N3O2/c1-16(2,3)15(20)21-14-8-13(10-19-14)18-9-11-4-6-12(17)7-5-11/h4-7,13-14,18-19H,8-10,17H2,1-3H3. The number of benzene rings is 1. The number of nitrogens with one attached hydrogen (secondary N) is 2. The second-order valence-electron chi connectivity index (χ2n) is 6.61. The largest absolute Gasteiger partial charge is 0.446 e. The first-order valence-corrected chi connectivity index (χ1v) is 7.37. The number of nitrogens with two attached hydrogens (primary N) is 1. The van der Waals surface area contributed by atoms with E-state index in [1.54, 1.807) is 0 Å². The fraction of sp³-hybridized carbons (Fsp3) is 0.562. The summed E-state index contributed by atoms with van der Waals surface area (Å²) in [6.07, 6.45) is 0.595. The Kier molecular flexibility index (Phi) is 4.85. The van der Waals surface area contributed by atoms with Crippen molar-refractivity contribution in [3.8, 4) is 0 Å². The summed E-state index contributed by atoms with van der Waals surface area (Å²) in [7, 11) is 0. The highest BCUT2D eigenvalue weighted by atomic mass is 16.6. The molecule has 0 aliphatic carbocycles. The van der Waals surface area contributed by atoms with Gasteiger partial charge in [0.05, 0.1) is 5.41 Å². The van der Waals surface area contributed by atoms with Crippen LogP contribution in [0.4, 0.5) is 5.69 Å². The van der Waals surface area contributed by atoms with Crippen LogP contribution in [0, 0.1) is 5.41 Å². The topological polar surface area (TPSA) is 76.4 Å². The first-order chi connectivity index (χ1) is 9.84. The van der Waals surface area contributed by atoms with Gasteiger partial charge in [-0.25, -0.2) is 0 Å². The highest BCUT2D eigenvalue weighted by Crippen LogP contribution is 2.18. The summed E-state index contributed by atoms with van der Waals surface area (Å²) in [5.74, 6) is -0.167. The summed E-state index contributed by atoms with van der Waals surface area (Å²) >= 11 is 0. The summed E-state index contributed by atoms with van der Waals surface area (Å²) in [6, 6.07) is 8.14. The average molecular weight is 291 g/mol. The van der Waals surface area contributed by atoms with Gasteiger partial charge in [-0.15, -0.1) is 0 Å². The zero-order chi connectivity index (χ0) is 15.5. The van der Waals surface area contributed by atoms with Crippen LogP contribution >= 0.6 is 0 Å². The molecule has 1 aliphatic heterocycles. The van der Waals surface area contributed by atoms with Crippen molar-refractivity contribution in [1.29, 1.82) is 0 Å². The number of ether oxygens (including phenoxy) is 1. The molecule has 0 spiro atoms. The Morgan fingerprint density at radius 3 is 2.67 bits per heavy atom. The predicted molar refractivity (Wildman–Crippen MR) is 83.4 cm³/mol. The maximum absolute atomic E-state index is 11.8. The maximum Gasteiger partial charge on any atom is 0.312 e. The lowest BCUT2D eigenvalue weighted by atomic mass is 9.97. The van der Waals surface area contributed by atoms with Gasteiger partial charge in [0, 0.05) is 31.2 Å². The van der Waals surface area contributed by atoms with Crippen molar-refractivity contribution in [2.45, 2.75) is 46.0 Å². The van der Waals surface area contributed by atoms with Crippen molar-refractivity contribution >= 4 is 11.7 Å². The van der Waals surface area contributed by atoms with Crippen molar-refractivity contribution < 1.29 is 9.53 Å². The molecule has 21 heavy (non-hydrogen) atoms. The van der Waals surface area contributed by atoms with Crippen LogP contribution in [0.3, 0.4) is 0 Å². The van der Waals surface area contributed by atoms with Crippen LogP contribution in [0.1, 0.15) is 32.8 Å². The lowest BCUT2D eigenvalue weighted by Crippen LogP contribution is -2.33. The Morgan fingerprint density at radius 2 is 2.05 bits per heavy atom. The summed E-state index contributed by atoms with van der Waals surface area (Å²) in [6.45, 7) is 7.17. The fourth-order valence-electron chi connectivity index (χ4n) is 2.15. The molecule has 5 heteroatoms. The monoisotopic (exact) mass is 291 g/mol. The van der Waals surface area contributed by atoms with Crippen LogP contribution in [0.15, 0.2) is 24.3 Å². The molecule has 0 aromatic heterocycles. The number of anilines is 1. The van der Waals surface area contributed by atoms with Gasteiger partial charge in [-0.3, -0.25) is 10.1 Å². The molecular weight excluding hydrogens is 266 g/mol. The van der Waals surface area contributed by atoms with Gasteiger partial charge in [0.2, 0.25) is 0 Å². The van der Waals surface area contributed by atoms with Crippen molar-refractivity contribution in [1.82, 2.24) is 10.6 Å². The molecule has 1 aromatic carbocycles. The molecule has 5 nitrogen and oxygen atoms in total. The van der Waals surface area contributed by atoms with E-state index in [1.165, 1.54) is 5.56 Å². The van der Waals surface area contributed by atoms with E-state index in [-0.39, 0.29) is 12.2 Å². The SMILES string of the molecule is CC(C)(C)C(=O)OC1CC(NCc2ccc(N)cc2)CN1. The van der Waals surface area contributed by atoms with E-state index in [2.05, 4.69) is 10.6 Å². The quantitative estimate of drug-likeness (QED) is 0.581. The third kappa shape index (κ3) is 4.72. The van der Waals surface area contributed by atoms with Crippen molar-refractivity contribution in [3.63, 3.8) is 0 Å². The molecule has 0 radical (unpaired) electrons. The Labute approximate surface area is 126 Å². The van der Waals surface area contributed by atoms with Crippen LogP contribution in [0.5, 0.6) is 0 Å². The number of carbonyl (C=O) groups is 1. The molecule has 2 atom stereocenters. The first kappa shape index (κ1) is 15.8. The molecule has 116 valence electrons. The molecule has 1 heterocycles. The Morgan fingerprint density at radius 1 is 1.38 bits per heavy atom. The van der Waals surface area contributed by atoms with Crippen molar-refractivity contribution in [2.75, 3.05) is 12.3 Å². The first-order valence-electron chi connectivity index (χ1n) is 7.37. The highest BCUT2D eigenvalue weighted by molar-refractivity contribution is 5.75. The second kappa shape index (κ2) is 6.45. The number of rotatable bonds is 4. The summed E-state index contributed by atoms with van der Waals surface area (Å²) in [5.41, 5.74) is 7.17. The van der Waals surface area contributed by atoms with Gasteiger partial charge in [0.1, 0.15) is 0 Å². The third-order valence-corrected chi connectivity index (χ3v) is 3.53. The van der Waals surface area contributed by atoms with E-state index in [0.29, 0.717) is 6.04 Å². The Hall–Kier alpha value is -1.59. The minimum absolute atomic E-state index is 0.167. The van der Waals surface area contributed by atoms with Crippen LogP contribution < -0.4 is 16.4 Å². The zero-order valence-corrected chi connectivity index (χ0v) is 13.0. The number of hydrogen-bond donors (Lipinski definition) is 3. The van der Waals surface area contributed by atoms with Gasteiger partial charge in [0.15, 0.2) is 6.23 Å². The van der Waals surface area contributed by atoms with Crippen LogP contribution in [0.25, 0.3) is 0 Å². The minimum atomic E-state index is -0.461. The average Bonchev–Trinajstić information content (AvgIpc) is 2.85. The fourth-order valence-corrected chi connectivity index (χ4v) is 2.15. The molecule has 0 amide bonds. The van der Waals surface area contributed by atoms with Crippen LogP contribution in [-0.4, -0.2) is 24.8 Å². The van der Waals surface area contributed by atoms with Gasteiger partial charge < -0.3 is 15.8 Å². The molecule has 0 saturated carbocycles. The molecule has 2 rings (SSSR count). The number of carbonyl (C=O) groups excluding carboxylic acids is 1. The van der Waals surface area contributed by atoms with Gasteiger partial charge in [-0.05, 0) is 38.5 Å². The molecular formula is C16H25N3O2. The molecule has 4 N–H and O–H groups in total. The summed E-state index contributed by atoms with van der Waals surface area (Å²) in [5, 5.41) is 6.69.